The highest BCUT2D eigenvalue weighted by molar-refractivity contribution is 9.10. The molecule has 0 saturated heterocycles. The van der Waals surface area contributed by atoms with Gasteiger partial charge in [-0.05, 0) is 23.3 Å². The molecular formula is C15H12BrCl. The standard InChI is InChI=1S/C15H12BrCl/c1-15(2)9-5-3-7-11(16)13(9)14-10(15)6-4-8-12(14)17/h3-8H,1-2H3. The molecule has 0 atom stereocenters. The van der Waals surface area contributed by atoms with E-state index in [9.17, 15) is 0 Å². The summed E-state index contributed by atoms with van der Waals surface area (Å²) < 4.78 is 1.12. The van der Waals surface area contributed by atoms with E-state index in [1.165, 1.54) is 22.3 Å². The van der Waals surface area contributed by atoms with E-state index < -0.39 is 0 Å². The predicted octanol–water partition coefficient (Wildman–Crippen LogP) is 5.41. The van der Waals surface area contributed by atoms with Crippen LogP contribution in [0.1, 0.15) is 25.0 Å². The third kappa shape index (κ3) is 1.42. The summed E-state index contributed by atoms with van der Waals surface area (Å²) in [5.74, 6) is 0. The van der Waals surface area contributed by atoms with Crippen molar-refractivity contribution in [1.82, 2.24) is 0 Å². The van der Waals surface area contributed by atoms with Crippen LogP contribution in [0, 0.1) is 0 Å². The second kappa shape index (κ2) is 3.60. The van der Waals surface area contributed by atoms with Crippen LogP contribution in [0.5, 0.6) is 0 Å². The molecule has 86 valence electrons. The lowest BCUT2D eigenvalue weighted by atomic mass is 9.82. The fourth-order valence-corrected chi connectivity index (χ4v) is 3.58. The lowest BCUT2D eigenvalue weighted by Gasteiger charge is -2.21. The Morgan fingerprint density at radius 3 is 2.24 bits per heavy atom. The average Bonchev–Trinajstić information content (AvgIpc) is 2.52. The Labute approximate surface area is 115 Å². The summed E-state index contributed by atoms with van der Waals surface area (Å²) in [6.45, 7) is 4.50. The first-order valence-corrected chi connectivity index (χ1v) is 6.79. The summed E-state index contributed by atoms with van der Waals surface area (Å²) >= 11 is 10.0. The Hall–Kier alpha value is -0.790. The number of benzene rings is 2. The molecule has 2 aromatic rings. The third-order valence-electron chi connectivity index (χ3n) is 3.62. The van der Waals surface area contributed by atoms with Crippen LogP contribution in [0.2, 0.25) is 5.02 Å². The van der Waals surface area contributed by atoms with Crippen LogP contribution < -0.4 is 0 Å². The van der Waals surface area contributed by atoms with Gasteiger partial charge in [0, 0.05) is 26.0 Å². The number of hydrogen-bond donors (Lipinski definition) is 0. The molecule has 3 rings (SSSR count). The van der Waals surface area contributed by atoms with Crippen molar-refractivity contribution in [1.29, 1.82) is 0 Å². The fourth-order valence-electron chi connectivity index (χ4n) is 2.74. The van der Waals surface area contributed by atoms with Crippen molar-refractivity contribution in [2.45, 2.75) is 19.3 Å². The van der Waals surface area contributed by atoms with Crippen LogP contribution >= 0.6 is 27.5 Å². The normalized spacial score (nSPS) is 15.5. The highest BCUT2D eigenvalue weighted by Gasteiger charge is 2.37. The molecule has 0 bridgehead atoms. The molecule has 0 N–H and O–H groups in total. The molecule has 0 aliphatic heterocycles. The molecule has 0 unspecified atom stereocenters. The maximum atomic E-state index is 6.38. The summed E-state index contributed by atoms with van der Waals surface area (Å²) in [5, 5.41) is 0.834. The molecule has 1 aliphatic rings. The number of halogens is 2. The van der Waals surface area contributed by atoms with Gasteiger partial charge in [0.05, 0.1) is 0 Å². The zero-order chi connectivity index (χ0) is 12.2. The van der Waals surface area contributed by atoms with Gasteiger partial charge >= 0.3 is 0 Å². The number of hydrogen-bond acceptors (Lipinski definition) is 0. The second-order valence-corrected chi connectivity index (χ2v) is 6.21. The molecule has 2 heteroatoms. The zero-order valence-corrected chi connectivity index (χ0v) is 12.1. The van der Waals surface area contributed by atoms with Crippen LogP contribution in [0.25, 0.3) is 11.1 Å². The van der Waals surface area contributed by atoms with Gasteiger partial charge in [0.15, 0.2) is 0 Å². The second-order valence-electron chi connectivity index (χ2n) is 4.95. The summed E-state index contributed by atoms with van der Waals surface area (Å²) in [7, 11) is 0. The lowest BCUT2D eigenvalue weighted by Crippen LogP contribution is -2.14. The van der Waals surface area contributed by atoms with E-state index in [1.54, 1.807) is 0 Å². The Kier molecular flexibility index (Phi) is 2.39. The summed E-state index contributed by atoms with van der Waals surface area (Å²) in [4.78, 5) is 0. The quantitative estimate of drug-likeness (QED) is 0.610. The Morgan fingerprint density at radius 2 is 1.53 bits per heavy atom. The maximum absolute atomic E-state index is 6.38. The number of fused-ring (bicyclic) bond motifs is 3. The van der Waals surface area contributed by atoms with Crippen molar-refractivity contribution in [2.75, 3.05) is 0 Å². The first kappa shape index (κ1) is 11.3. The van der Waals surface area contributed by atoms with E-state index in [4.69, 9.17) is 11.6 Å². The molecule has 0 saturated carbocycles. The van der Waals surface area contributed by atoms with E-state index in [0.717, 1.165) is 9.50 Å². The van der Waals surface area contributed by atoms with Crippen LogP contribution in [-0.2, 0) is 5.41 Å². The lowest BCUT2D eigenvalue weighted by molar-refractivity contribution is 0.660. The first-order chi connectivity index (χ1) is 8.03. The van der Waals surface area contributed by atoms with Crippen molar-refractivity contribution in [3.05, 3.63) is 57.0 Å². The molecular weight excluding hydrogens is 296 g/mol. The Bertz CT molecular complexity index is 561. The highest BCUT2D eigenvalue weighted by Crippen LogP contribution is 2.53. The van der Waals surface area contributed by atoms with Crippen LogP contribution in [0.3, 0.4) is 0 Å². The zero-order valence-electron chi connectivity index (χ0n) is 9.72. The molecule has 1 aliphatic carbocycles. The fraction of sp³-hybridized carbons (Fsp3) is 0.200. The van der Waals surface area contributed by atoms with Gasteiger partial charge in [0.1, 0.15) is 0 Å². The Balaban J connectivity index is 2.49. The van der Waals surface area contributed by atoms with Crippen LogP contribution in [0.15, 0.2) is 40.9 Å². The molecule has 0 heterocycles. The van der Waals surface area contributed by atoms with E-state index >= 15 is 0 Å². The molecule has 0 aromatic heterocycles. The average molecular weight is 308 g/mol. The molecule has 0 amide bonds. The molecule has 2 aromatic carbocycles. The SMILES string of the molecule is CC1(C)c2cccc(Cl)c2-c2c(Br)cccc21. The number of rotatable bonds is 0. The summed E-state index contributed by atoms with van der Waals surface area (Å²) in [6, 6.07) is 12.5. The predicted molar refractivity (Wildman–Crippen MR) is 76.7 cm³/mol. The van der Waals surface area contributed by atoms with Crippen molar-refractivity contribution >= 4 is 27.5 Å². The first-order valence-electron chi connectivity index (χ1n) is 5.62. The molecule has 0 fully saturated rings. The molecule has 0 radical (unpaired) electrons. The van der Waals surface area contributed by atoms with Gasteiger partial charge in [-0.15, -0.1) is 0 Å². The van der Waals surface area contributed by atoms with Crippen LogP contribution in [-0.4, -0.2) is 0 Å². The molecule has 17 heavy (non-hydrogen) atoms. The summed E-state index contributed by atoms with van der Waals surface area (Å²) in [6.07, 6.45) is 0. The van der Waals surface area contributed by atoms with E-state index in [1.807, 2.05) is 12.1 Å². The smallest absolute Gasteiger partial charge is 0.0488 e. The third-order valence-corrected chi connectivity index (χ3v) is 4.60. The minimum Gasteiger partial charge on any atom is -0.0837 e. The van der Waals surface area contributed by atoms with Gasteiger partial charge in [0.2, 0.25) is 0 Å². The van der Waals surface area contributed by atoms with E-state index in [2.05, 4.69) is 54.0 Å². The van der Waals surface area contributed by atoms with Gasteiger partial charge < -0.3 is 0 Å². The van der Waals surface area contributed by atoms with E-state index in [0.29, 0.717) is 0 Å². The topological polar surface area (TPSA) is 0 Å². The minimum absolute atomic E-state index is 0.0271. The monoisotopic (exact) mass is 306 g/mol. The summed E-state index contributed by atoms with van der Waals surface area (Å²) in [5.41, 5.74) is 5.11. The van der Waals surface area contributed by atoms with E-state index in [-0.39, 0.29) is 5.41 Å². The molecule has 0 spiro atoms. The Morgan fingerprint density at radius 1 is 0.941 bits per heavy atom. The highest BCUT2D eigenvalue weighted by atomic mass is 79.9. The van der Waals surface area contributed by atoms with Gasteiger partial charge in [0.25, 0.3) is 0 Å². The minimum atomic E-state index is 0.0271. The molecule has 0 nitrogen and oxygen atoms in total. The largest absolute Gasteiger partial charge is 0.0837 e. The van der Waals surface area contributed by atoms with Crippen molar-refractivity contribution in [3.8, 4) is 11.1 Å². The maximum Gasteiger partial charge on any atom is 0.0488 e. The van der Waals surface area contributed by atoms with Crippen molar-refractivity contribution in [3.63, 3.8) is 0 Å². The van der Waals surface area contributed by atoms with Gasteiger partial charge in [-0.25, -0.2) is 0 Å². The van der Waals surface area contributed by atoms with Crippen molar-refractivity contribution in [2.24, 2.45) is 0 Å². The van der Waals surface area contributed by atoms with Crippen LogP contribution in [0.4, 0.5) is 0 Å². The van der Waals surface area contributed by atoms with Gasteiger partial charge in [-0.2, -0.15) is 0 Å². The van der Waals surface area contributed by atoms with Crippen molar-refractivity contribution < 1.29 is 0 Å². The van der Waals surface area contributed by atoms with Gasteiger partial charge in [-0.1, -0.05) is 65.6 Å². The van der Waals surface area contributed by atoms with Gasteiger partial charge in [-0.3, -0.25) is 0 Å².